The third-order valence-electron chi connectivity index (χ3n) is 3.33. The summed E-state index contributed by atoms with van der Waals surface area (Å²) in [5, 5.41) is 3.33. The third kappa shape index (κ3) is 2.85. The fourth-order valence-corrected chi connectivity index (χ4v) is 3.00. The molecule has 108 valence electrons. The van der Waals surface area contributed by atoms with Crippen molar-refractivity contribution >= 4 is 32.7 Å². The van der Waals surface area contributed by atoms with Gasteiger partial charge in [0.2, 0.25) is 0 Å². The van der Waals surface area contributed by atoms with Crippen molar-refractivity contribution in [3.8, 4) is 0 Å². The van der Waals surface area contributed by atoms with E-state index in [0.717, 1.165) is 26.8 Å². The van der Waals surface area contributed by atoms with Gasteiger partial charge in [0.1, 0.15) is 5.82 Å². The molecule has 6 heteroatoms. The Morgan fingerprint density at radius 2 is 1.90 bits per heavy atom. The van der Waals surface area contributed by atoms with Crippen molar-refractivity contribution in [2.75, 3.05) is 5.32 Å². The molecule has 0 amide bonds. The number of imidazole rings is 1. The van der Waals surface area contributed by atoms with E-state index in [-0.39, 0.29) is 17.5 Å². The van der Waals surface area contributed by atoms with Crippen LogP contribution >= 0.6 is 15.9 Å². The largest absolute Gasteiger partial charge is 0.378 e. The molecular weight excluding hydrogens is 337 g/mol. The number of nitrogens with one attached hydrogen (secondary N) is 3. The highest BCUT2D eigenvalue weighted by molar-refractivity contribution is 9.10. The fourth-order valence-electron chi connectivity index (χ4n) is 2.30. The van der Waals surface area contributed by atoms with Crippen molar-refractivity contribution in [2.45, 2.75) is 13.0 Å². The molecule has 0 aliphatic carbocycles. The van der Waals surface area contributed by atoms with Crippen LogP contribution in [0, 0.1) is 5.82 Å². The Balaban J connectivity index is 1.88. The SMILES string of the molecule is CC(Nc1ccc2[nH]c(=O)[nH]c2c1)c1ccc(F)cc1Br. The van der Waals surface area contributed by atoms with Gasteiger partial charge < -0.3 is 15.3 Å². The van der Waals surface area contributed by atoms with Crippen LogP contribution in [0.4, 0.5) is 10.1 Å². The molecule has 0 spiro atoms. The van der Waals surface area contributed by atoms with Gasteiger partial charge in [-0.15, -0.1) is 0 Å². The first kappa shape index (κ1) is 13.9. The summed E-state index contributed by atoms with van der Waals surface area (Å²) < 4.78 is 13.8. The first-order chi connectivity index (χ1) is 10.0. The Hall–Kier alpha value is -2.08. The van der Waals surface area contributed by atoms with E-state index in [1.165, 1.54) is 12.1 Å². The topological polar surface area (TPSA) is 60.7 Å². The van der Waals surface area contributed by atoms with Crippen LogP contribution in [-0.2, 0) is 0 Å². The summed E-state index contributed by atoms with van der Waals surface area (Å²) in [4.78, 5) is 16.7. The molecule has 0 aliphatic rings. The van der Waals surface area contributed by atoms with E-state index < -0.39 is 0 Å². The van der Waals surface area contributed by atoms with E-state index in [2.05, 4.69) is 31.2 Å². The fraction of sp³-hybridized carbons (Fsp3) is 0.133. The average molecular weight is 350 g/mol. The smallest absolute Gasteiger partial charge is 0.323 e. The lowest BCUT2D eigenvalue weighted by atomic mass is 10.1. The van der Waals surface area contributed by atoms with E-state index in [9.17, 15) is 9.18 Å². The lowest BCUT2D eigenvalue weighted by Crippen LogP contribution is -2.07. The molecule has 0 aliphatic heterocycles. The third-order valence-corrected chi connectivity index (χ3v) is 4.01. The van der Waals surface area contributed by atoms with Gasteiger partial charge in [0, 0.05) is 16.2 Å². The summed E-state index contributed by atoms with van der Waals surface area (Å²) in [5.41, 5.74) is 3.12. The number of aromatic amines is 2. The molecule has 0 fully saturated rings. The normalized spacial score (nSPS) is 12.5. The summed E-state index contributed by atoms with van der Waals surface area (Å²) in [6.45, 7) is 1.99. The first-order valence-electron chi connectivity index (χ1n) is 6.46. The second kappa shape index (κ2) is 5.37. The number of hydrogen-bond acceptors (Lipinski definition) is 2. The molecule has 1 unspecified atom stereocenters. The molecule has 21 heavy (non-hydrogen) atoms. The number of H-pyrrole nitrogens is 2. The second-order valence-corrected chi connectivity index (χ2v) is 5.73. The molecule has 0 saturated carbocycles. The molecule has 1 heterocycles. The van der Waals surface area contributed by atoms with Crippen molar-refractivity contribution < 1.29 is 4.39 Å². The molecule has 3 N–H and O–H groups in total. The zero-order valence-electron chi connectivity index (χ0n) is 11.2. The summed E-state index contributed by atoms with van der Waals surface area (Å²) in [7, 11) is 0. The molecule has 1 aromatic heterocycles. The lowest BCUT2D eigenvalue weighted by molar-refractivity contribution is 0.625. The zero-order valence-corrected chi connectivity index (χ0v) is 12.8. The minimum Gasteiger partial charge on any atom is -0.378 e. The number of rotatable bonds is 3. The van der Waals surface area contributed by atoms with Gasteiger partial charge in [0.05, 0.1) is 11.0 Å². The molecular formula is C15H13BrFN3O. The number of aromatic nitrogens is 2. The van der Waals surface area contributed by atoms with Gasteiger partial charge in [-0.3, -0.25) is 0 Å². The molecule has 2 aromatic carbocycles. The Kier molecular flexibility index (Phi) is 3.55. The van der Waals surface area contributed by atoms with Gasteiger partial charge in [0.25, 0.3) is 0 Å². The zero-order chi connectivity index (χ0) is 15.0. The van der Waals surface area contributed by atoms with Crippen LogP contribution in [-0.4, -0.2) is 9.97 Å². The summed E-state index contributed by atoms with van der Waals surface area (Å²) in [5.74, 6) is -0.274. The molecule has 0 radical (unpaired) electrons. The van der Waals surface area contributed by atoms with Crippen molar-refractivity contribution in [3.05, 3.63) is 62.7 Å². The predicted octanol–water partition coefficient (Wildman–Crippen LogP) is 3.93. The summed E-state index contributed by atoms with van der Waals surface area (Å²) in [6.07, 6.45) is 0. The van der Waals surface area contributed by atoms with E-state index >= 15 is 0 Å². The van der Waals surface area contributed by atoms with Crippen molar-refractivity contribution in [3.63, 3.8) is 0 Å². The first-order valence-corrected chi connectivity index (χ1v) is 7.26. The minimum absolute atomic E-state index is 0.0110. The summed E-state index contributed by atoms with van der Waals surface area (Å²) >= 11 is 3.37. The molecule has 3 aromatic rings. The number of halogens is 2. The minimum atomic E-state index is -0.274. The van der Waals surface area contributed by atoms with Gasteiger partial charge >= 0.3 is 5.69 Å². The second-order valence-electron chi connectivity index (χ2n) is 4.87. The van der Waals surface area contributed by atoms with E-state index in [1.807, 2.05) is 25.1 Å². The van der Waals surface area contributed by atoms with E-state index in [1.54, 1.807) is 6.07 Å². The van der Waals surface area contributed by atoms with Gasteiger partial charge in [-0.25, -0.2) is 9.18 Å². The maximum Gasteiger partial charge on any atom is 0.323 e. The van der Waals surface area contributed by atoms with Gasteiger partial charge in [0.15, 0.2) is 0 Å². The Bertz CT molecular complexity index is 855. The molecule has 1 atom stereocenters. The van der Waals surface area contributed by atoms with Gasteiger partial charge in [-0.2, -0.15) is 0 Å². The number of fused-ring (bicyclic) bond motifs is 1. The highest BCUT2D eigenvalue weighted by Gasteiger charge is 2.10. The molecule has 3 rings (SSSR count). The standard InChI is InChI=1S/C15H13BrFN3O/c1-8(11-4-2-9(17)6-12(11)16)18-10-3-5-13-14(7-10)20-15(21)19-13/h2-8,18H,1H3,(H2,19,20,21). The highest BCUT2D eigenvalue weighted by atomic mass is 79.9. The highest BCUT2D eigenvalue weighted by Crippen LogP contribution is 2.27. The van der Waals surface area contributed by atoms with Crippen LogP contribution < -0.4 is 11.0 Å². The van der Waals surface area contributed by atoms with Gasteiger partial charge in [-0.1, -0.05) is 22.0 Å². The van der Waals surface area contributed by atoms with Crippen LogP contribution in [0.2, 0.25) is 0 Å². The lowest BCUT2D eigenvalue weighted by Gasteiger charge is -2.17. The van der Waals surface area contributed by atoms with Crippen LogP contribution in [0.5, 0.6) is 0 Å². The Morgan fingerprint density at radius 3 is 2.67 bits per heavy atom. The van der Waals surface area contributed by atoms with Crippen molar-refractivity contribution in [1.82, 2.24) is 9.97 Å². The quantitative estimate of drug-likeness (QED) is 0.670. The molecule has 4 nitrogen and oxygen atoms in total. The van der Waals surface area contributed by atoms with Gasteiger partial charge in [-0.05, 0) is 42.8 Å². The van der Waals surface area contributed by atoms with Crippen LogP contribution in [0.1, 0.15) is 18.5 Å². The number of hydrogen-bond donors (Lipinski definition) is 3. The van der Waals surface area contributed by atoms with Crippen molar-refractivity contribution in [1.29, 1.82) is 0 Å². The van der Waals surface area contributed by atoms with Crippen LogP contribution in [0.15, 0.2) is 45.7 Å². The molecule has 0 saturated heterocycles. The van der Waals surface area contributed by atoms with Crippen LogP contribution in [0.25, 0.3) is 11.0 Å². The maximum atomic E-state index is 13.1. The molecule has 0 bridgehead atoms. The van der Waals surface area contributed by atoms with Crippen LogP contribution in [0.3, 0.4) is 0 Å². The summed E-state index contributed by atoms with van der Waals surface area (Å²) in [6, 6.07) is 10.2. The van der Waals surface area contributed by atoms with E-state index in [4.69, 9.17) is 0 Å². The predicted molar refractivity (Wildman–Crippen MR) is 85.1 cm³/mol. The maximum absolute atomic E-state index is 13.1. The number of benzene rings is 2. The Labute approximate surface area is 128 Å². The van der Waals surface area contributed by atoms with Crippen molar-refractivity contribution in [2.24, 2.45) is 0 Å². The monoisotopic (exact) mass is 349 g/mol. The Morgan fingerprint density at radius 1 is 1.14 bits per heavy atom. The van der Waals surface area contributed by atoms with E-state index in [0.29, 0.717) is 0 Å². The number of anilines is 1. The average Bonchev–Trinajstić information content (AvgIpc) is 2.77.